The molecule has 7 nitrogen and oxygen atoms in total. The van der Waals surface area contributed by atoms with Crippen LogP contribution < -0.4 is 5.32 Å². The monoisotopic (exact) mass is 397 g/mol. The maximum atomic E-state index is 12.4. The Morgan fingerprint density at radius 3 is 2.43 bits per heavy atom. The number of thiocarbonyl (C=S) groups is 1. The van der Waals surface area contributed by atoms with E-state index in [1.165, 1.54) is 19.1 Å². The normalized spacial score (nSPS) is 15.8. The first kappa shape index (κ1) is 19.5. The summed E-state index contributed by atoms with van der Waals surface area (Å²) in [5.74, 6) is -1.36. The third-order valence-electron chi connectivity index (χ3n) is 4.62. The molecule has 0 radical (unpaired) electrons. The summed E-state index contributed by atoms with van der Waals surface area (Å²) in [6, 6.07) is 8.89. The molecule has 1 aliphatic rings. The van der Waals surface area contributed by atoms with E-state index in [0.717, 1.165) is 22.6 Å². The van der Waals surface area contributed by atoms with Gasteiger partial charge in [-0.3, -0.25) is 19.8 Å². The van der Waals surface area contributed by atoms with Gasteiger partial charge in [-0.2, -0.15) is 0 Å². The van der Waals surface area contributed by atoms with Crippen molar-refractivity contribution in [3.8, 4) is 5.69 Å². The van der Waals surface area contributed by atoms with Gasteiger partial charge in [-0.05, 0) is 68.0 Å². The number of ether oxygens (including phenoxy) is 1. The first-order chi connectivity index (χ1) is 13.2. The van der Waals surface area contributed by atoms with Crippen molar-refractivity contribution in [2.24, 2.45) is 0 Å². The molecule has 2 amide bonds. The summed E-state index contributed by atoms with van der Waals surface area (Å²) in [4.78, 5) is 37.5. The Hall–Kier alpha value is -3.26. The van der Waals surface area contributed by atoms with Crippen molar-refractivity contribution in [3.05, 3.63) is 58.4 Å². The van der Waals surface area contributed by atoms with E-state index in [9.17, 15) is 14.4 Å². The molecule has 2 heterocycles. The highest BCUT2D eigenvalue weighted by Crippen LogP contribution is 2.24. The number of hydrogen-bond donors (Lipinski definition) is 1. The van der Waals surface area contributed by atoms with Gasteiger partial charge in [-0.15, -0.1) is 0 Å². The molecule has 0 saturated carbocycles. The van der Waals surface area contributed by atoms with Gasteiger partial charge in [0.1, 0.15) is 5.57 Å². The summed E-state index contributed by atoms with van der Waals surface area (Å²) in [5, 5.41) is 2.59. The van der Waals surface area contributed by atoms with Crippen LogP contribution in [0.4, 0.5) is 0 Å². The Morgan fingerprint density at radius 2 is 1.82 bits per heavy atom. The summed E-state index contributed by atoms with van der Waals surface area (Å²) < 4.78 is 6.70. The Bertz CT molecular complexity index is 1030. The van der Waals surface area contributed by atoms with Gasteiger partial charge in [0.05, 0.1) is 12.7 Å². The molecule has 0 bridgehead atoms. The van der Waals surface area contributed by atoms with Crippen LogP contribution in [0.25, 0.3) is 11.8 Å². The van der Waals surface area contributed by atoms with E-state index in [0.29, 0.717) is 5.56 Å². The minimum absolute atomic E-state index is 0.0254. The van der Waals surface area contributed by atoms with Crippen LogP contribution in [0.3, 0.4) is 0 Å². The second-order valence-electron chi connectivity index (χ2n) is 6.38. The summed E-state index contributed by atoms with van der Waals surface area (Å²) in [6.07, 6.45) is 1.57. The third-order valence-corrected chi connectivity index (χ3v) is 5.00. The van der Waals surface area contributed by atoms with Gasteiger partial charge in [-0.25, -0.2) is 4.79 Å². The van der Waals surface area contributed by atoms with Gasteiger partial charge < -0.3 is 9.30 Å². The molecular formula is C20H19N3O4S. The third kappa shape index (κ3) is 3.34. The number of amides is 2. The van der Waals surface area contributed by atoms with Gasteiger partial charge in [0.15, 0.2) is 5.11 Å². The van der Waals surface area contributed by atoms with Gasteiger partial charge in [0.2, 0.25) is 0 Å². The largest absolute Gasteiger partial charge is 0.465 e. The highest BCUT2D eigenvalue weighted by atomic mass is 32.1. The van der Waals surface area contributed by atoms with Crippen LogP contribution >= 0.6 is 12.2 Å². The van der Waals surface area contributed by atoms with Crippen LogP contribution in [-0.4, -0.2) is 46.5 Å². The fraction of sp³-hybridized carbons (Fsp3) is 0.200. The molecule has 1 aliphatic heterocycles. The molecule has 2 aromatic rings. The van der Waals surface area contributed by atoms with E-state index in [4.69, 9.17) is 17.0 Å². The number of methoxy groups -OCH3 is 1. The number of benzene rings is 1. The van der Waals surface area contributed by atoms with Crippen LogP contribution in [0.2, 0.25) is 0 Å². The molecule has 8 heteroatoms. The molecule has 1 saturated heterocycles. The number of likely N-dealkylation sites (N-methyl/N-ethyl adjacent to an activating group) is 1. The smallest absolute Gasteiger partial charge is 0.337 e. The molecule has 1 aromatic carbocycles. The van der Waals surface area contributed by atoms with Gasteiger partial charge >= 0.3 is 5.97 Å². The lowest BCUT2D eigenvalue weighted by molar-refractivity contribution is -0.128. The standard InChI is InChI=1S/C20H19N3O4S/c1-11-9-14(10-16-17(24)21-20(28)22(3)18(16)25)12(2)23(11)15-7-5-13(6-8-15)19(26)27-4/h5-10H,1-4H3,(H,21,24,28)/b16-10-. The molecule has 3 rings (SSSR count). The lowest BCUT2D eigenvalue weighted by atomic mass is 10.1. The van der Waals surface area contributed by atoms with Crippen molar-refractivity contribution < 1.29 is 19.1 Å². The van der Waals surface area contributed by atoms with Crippen LogP contribution in [0.5, 0.6) is 0 Å². The summed E-state index contributed by atoms with van der Waals surface area (Å²) in [6.45, 7) is 3.82. The molecule has 1 N–H and O–H groups in total. The molecule has 144 valence electrons. The lowest BCUT2D eigenvalue weighted by Gasteiger charge is -2.25. The number of carbonyl (C=O) groups excluding carboxylic acids is 3. The predicted molar refractivity (Wildman–Crippen MR) is 108 cm³/mol. The van der Waals surface area contributed by atoms with Gasteiger partial charge in [-0.1, -0.05) is 0 Å². The van der Waals surface area contributed by atoms with Crippen LogP contribution in [0.1, 0.15) is 27.3 Å². The first-order valence-electron chi connectivity index (χ1n) is 8.47. The summed E-state index contributed by atoms with van der Waals surface area (Å²) >= 11 is 4.96. The highest BCUT2D eigenvalue weighted by Gasteiger charge is 2.31. The summed E-state index contributed by atoms with van der Waals surface area (Å²) in [7, 11) is 2.85. The van der Waals surface area contributed by atoms with Crippen molar-refractivity contribution in [1.82, 2.24) is 14.8 Å². The van der Waals surface area contributed by atoms with Crippen molar-refractivity contribution in [2.45, 2.75) is 13.8 Å². The average Bonchev–Trinajstić information content (AvgIpc) is 2.96. The number of rotatable bonds is 3. The number of nitrogens with zero attached hydrogens (tertiary/aromatic N) is 2. The Morgan fingerprint density at radius 1 is 1.18 bits per heavy atom. The SMILES string of the molecule is COC(=O)c1ccc(-n2c(C)cc(/C=C3/C(=O)NC(=S)N(C)C3=O)c2C)cc1. The summed E-state index contributed by atoms with van der Waals surface area (Å²) in [5.41, 5.74) is 3.85. The quantitative estimate of drug-likeness (QED) is 0.371. The molecule has 28 heavy (non-hydrogen) atoms. The van der Waals surface area contributed by atoms with E-state index < -0.39 is 17.8 Å². The predicted octanol–water partition coefficient (Wildman–Crippen LogP) is 2.14. The molecule has 0 spiro atoms. The number of hydrogen-bond acceptors (Lipinski definition) is 5. The minimum Gasteiger partial charge on any atom is -0.465 e. The number of aryl methyl sites for hydroxylation is 1. The number of carbonyl (C=O) groups is 3. The maximum Gasteiger partial charge on any atom is 0.337 e. The Balaban J connectivity index is 2.01. The molecule has 1 fully saturated rings. The topological polar surface area (TPSA) is 80.6 Å². The zero-order valence-electron chi connectivity index (χ0n) is 15.9. The van der Waals surface area contributed by atoms with Crippen molar-refractivity contribution in [2.75, 3.05) is 14.2 Å². The van der Waals surface area contributed by atoms with E-state index in [2.05, 4.69) is 5.32 Å². The average molecular weight is 397 g/mol. The second kappa shape index (κ2) is 7.40. The molecular weight excluding hydrogens is 378 g/mol. The highest BCUT2D eigenvalue weighted by molar-refractivity contribution is 7.80. The molecule has 1 aromatic heterocycles. The number of esters is 1. The van der Waals surface area contributed by atoms with Crippen molar-refractivity contribution >= 4 is 41.2 Å². The maximum absolute atomic E-state index is 12.4. The fourth-order valence-electron chi connectivity index (χ4n) is 3.10. The zero-order chi connectivity index (χ0) is 20.6. The van der Waals surface area contributed by atoms with Gasteiger partial charge in [0, 0.05) is 24.1 Å². The molecule has 0 atom stereocenters. The second-order valence-corrected chi connectivity index (χ2v) is 6.77. The number of aromatic nitrogens is 1. The molecule has 0 unspecified atom stereocenters. The lowest BCUT2D eigenvalue weighted by Crippen LogP contribution is -2.52. The van der Waals surface area contributed by atoms with Crippen LogP contribution in [0.15, 0.2) is 35.9 Å². The Labute approximate surface area is 167 Å². The minimum atomic E-state index is -0.514. The van der Waals surface area contributed by atoms with E-state index >= 15 is 0 Å². The van der Waals surface area contributed by atoms with Crippen LogP contribution in [-0.2, 0) is 14.3 Å². The molecule has 0 aliphatic carbocycles. The van der Waals surface area contributed by atoms with Crippen LogP contribution in [0, 0.1) is 13.8 Å². The van der Waals surface area contributed by atoms with Crippen molar-refractivity contribution in [1.29, 1.82) is 0 Å². The zero-order valence-corrected chi connectivity index (χ0v) is 16.7. The van der Waals surface area contributed by atoms with Crippen molar-refractivity contribution in [3.63, 3.8) is 0 Å². The van der Waals surface area contributed by atoms with Gasteiger partial charge in [0.25, 0.3) is 11.8 Å². The van der Waals surface area contributed by atoms with E-state index in [-0.39, 0.29) is 10.7 Å². The first-order valence-corrected chi connectivity index (χ1v) is 8.88. The number of nitrogens with one attached hydrogen (secondary N) is 1. The Kier molecular flexibility index (Phi) is 5.15. The fourth-order valence-corrected chi connectivity index (χ4v) is 3.27. The van der Waals surface area contributed by atoms with E-state index in [1.54, 1.807) is 18.2 Å². The van der Waals surface area contributed by atoms with E-state index in [1.807, 2.05) is 36.6 Å².